The fourth-order valence-electron chi connectivity index (χ4n) is 1.42. The van der Waals surface area contributed by atoms with Crippen molar-refractivity contribution in [1.29, 1.82) is 0 Å². The Labute approximate surface area is 108 Å². The molecule has 1 atom stereocenters. The smallest absolute Gasteiger partial charge is 0.214 e. The number of halogens is 1. The minimum absolute atomic E-state index is 0.0533. The molecule has 1 rings (SSSR count). The van der Waals surface area contributed by atoms with Crippen LogP contribution in [0.3, 0.4) is 0 Å². The van der Waals surface area contributed by atoms with Gasteiger partial charge in [-0.3, -0.25) is 0 Å². The van der Waals surface area contributed by atoms with E-state index in [1.165, 1.54) is 4.31 Å². The maximum Gasteiger partial charge on any atom is 0.214 e. The molecule has 0 aliphatic heterocycles. The first-order valence-electron chi connectivity index (χ1n) is 5.40. The molecule has 0 saturated heterocycles. The quantitative estimate of drug-likeness (QED) is 0.750. The summed E-state index contributed by atoms with van der Waals surface area (Å²) in [6, 6.07) is 3.60. The third-order valence-electron chi connectivity index (χ3n) is 2.41. The number of hydrogen-bond donors (Lipinski definition) is 0. The molecule has 4 nitrogen and oxygen atoms in total. The Bertz CT molecular complexity index is 455. The number of aryl methyl sites for hydroxylation is 1. The molecule has 0 aliphatic carbocycles. The monoisotopic (exact) mass is 279 g/mol. The van der Waals surface area contributed by atoms with E-state index in [0.717, 1.165) is 5.76 Å². The third-order valence-corrected chi connectivity index (χ3v) is 5.00. The van der Waals surface area contributed by atoms with Crippen LogP contribution in [-0.4, -0.2) is 31.4 Å². The molecule has 1 aromatic heterocycles. The second-order valence-corrected chi connectivity index (χ2v) is 6.74. The molecule has 1 heterocycles. The first-order chi connectivity index (χ1) is 7.85. The summed E-state index contributed by atoms with van der Waals surface area (Å²) in [6.07, 6.45) is 0. The molecule has 6 heteroatoms. The van der Waals surface area contributed by atoms with Crippen LogP contribution in [-0.2, 0) is 16.6 Å². The summed E-state index contributed by atoms with van der Waals surface area (Å²) in [5, 5.41) is 0. The van der Waals surface area contributed by atoms with Gasteiger partial charge in [0.25, 0.3) is 0 Å². The minimum atomic E-state index is -3.27. The predicted molar refractivity (Wildman–Crippen MR) is 68.6 cm³/mol. The van der Waals surface area contributed by atoms with E-state index in [0.29, 0.717) is 11.6 Å². The van der Waals surface area contributed by atoms with Gasteiger partial charge in [-0.15, -0.1) is 11.6 Å². The number of hydrogen-bond acceptors (Lipinski definition) is 3. The van der Waals surface area contributed by atoms with Gasteiger partial charge < -0.3 is 4.42 Å². The van der Waals surface area contributed by atoms with Crippen molar-refractivity contribution in [3.63, 3.8) is 0 Å². The van der Waals surface area contributed by atoms with Crippen molar-refractivity contribution in [1.82, 2.24) is 4.31 Å². The number of furan rings is 1. The van der Waals surface area contributed by atoms with Crippen molar-refractivity contribution in [2.45, 2.75) is 20.4 Å². The van der Waals surface area contributed by atoms with Gasteiger partial charge >= 0.3 is 0 Å². The van der Waals surface area contributed by atoms with E-state index >= 15 is 0 Å². The van der Waals surface area contributed by atoms with Gasteiger partial charge in [0, 0.05) is 12.9 Å². The molecule has 17 heavy (non-hydrogen) atoms. The molecule has 0 aliphatic rings. The van der Waals surface area contributed by atoms with E-state index in [-0.39, 0.29) is 18.2 Å². The van der Waals surface area contributed by atoms with Gasteiger partial charge in [-0.05, 0) is 25.0 Å². The first-order valence-corrected chi connectivity index (χ1v) is 7.55. The Morgan fingerprint density at radius 1 is 1.47 bits per heavy atom. The molecule has 0 saturated carbocycles. The topological polar surface area (TPSA) is 50.5 Å². The Morgan fingerprint density at radius 2 is 2.12 bits per heavy atom. The van der Waals surface area contributed by atoms with Crippen LogP contribution in [0.25, 0.3) is 0 Å². The highest BCUT2D eigenvalue weighted by molar-refractivity contribution is 7.89. The van der Waals surface area contributed by atoms with Crippen molar-refractivity contribution >= 4 is 21.6 Å². The Hall–Kier alpha value is -0.520. The van der Waals surface area contributed by atoms with Gasteiger partial charge in [-0.1, -0.05) is 6.92 Å². The molecular weight excluding hydrogens is 262 g/mol. The zero-order valence-electron chi connectivity index (χ0n) is 10.3. The van der Waals surface area contributed by atoms with Crippen molar-refractivity contribution in [2.24, 2.45) is 5.92 Å². The molecule has 0 fully saturated rings. The van der Waals surface area contributed by atoms with Crippen LogP contribution >= 0.6 is 11.6 Å². The molecule has 0 bridgehead atoms. The van der Waals surface area contributed by atoms with Crippen LogP contribution in [0.1, 0.15) is 18.4 Å². The van der Waals surface area contributed by atoms with Crippen LogP contribution < -0.4 is 0 Å². The SMILES string of the molecule is Cc1ccc(CN(C)S(=O)(=O)CC(C)CCl)o1. The number of nitrogens with zero attached hydrogens (tertiary/aromatic N) is 1. The highest BCUT2D eigenvalue weighted by Crippen LogP contribution is 2.13. The summed E-state index contributed by atoms with van der Waals surface area (Å²) < 4.78 is 30.5. The second kappa shape index (κ2) is 5.89. The summed E-state index contributed by atoms with van der Waals surface area (Å²) in [6.45, 7) is 3.90. The van der Waals surface area contributed by atoms with Crippen LogP contribution in [0, 0.1) is 12.8 Å². The Balaban J connectivity index is 2.66. The molecule has 0 amide bonds. The fourth-order valence-corrected chi connectivity index (χ4v) is 3.07. The second-order valence-electron chi connectivity index (χ2n) is 4.31. The fraction of sp³-hybridized carbons (Fsp3) is 0.636. The molecule has 0 spiro atoms. The van der Waals surface area contributed by atoms with Gasteiger partial charge in [0.2, 0.25) is 10.0 Å². The lowest BCUT2D eigenvalue weighted by Crippen LogP contribution is -2.31. The van der Waals surface area contributed by atoms with E-state index < -0.39 is 10.0 Å². The van der Waals surface area contributed by atoms with Gasteiger partial charge in [0.15, 0.2) is 0 Å². The molecular formula is C11H18ClNO3S. The van der Waals surface area contributed by atoms with Crippen LogP contribution in [0.4, 0.5) is 0 Å². The van der Waals surface area contributed by atoms with Crippen LogP contribution in [0.15, 0.2) is 16.5 Å². The van der Waals surface area contributed by atoms with Gasteiger partial charge in [-0.2, -0.15) is 4.31 Å². The van der Waals surface area contributed by atoms with E-state index in [1.807, 2.05) is 19.9 Å². The average Bonchev–Trinajstić information content (AvgIpc) is 2.63. The van der Waals surface area contributed by atoms with E-state index in [1.54, 1.807) is 13.1 Å². The highest BCUT2D eigenvalue weighted by atomic mass is 35.5. The molecule has 1 aromatic rings. The summed E-state index contributed by atoms with van der Waals surface area (Å²) in [4.78, 5) is 0. The largest absolute Gasteiger partial charge is 0.465 e. The third kappa shape index (κ3) is 4.33. The maximum absolute atomic E-state index is 11.9. The van der Waals surface area contributed by atoms with Crippen molar-refractivity contribution in [3.8, 4) is 0 Å². The van der Waals surface area contributed by atoms with Crippen molar-refractivity contribution in [3.05, 3.63) is 23.7 Å². The summed E-state index contributed by atoms with van der Waals surface area (Å²) in [7, 11) is -1.72. The molecule has 98 valence electrons. The maximum atomic E-state index is 11.9. The number of sulfonamides is 1. The summed E-state index contributed by atoms with van der Waals surface area (Å²) in [5.74, 6) is 1.77. The lowest BCUT2D eigenvalue weighted by molar-refractivity contribution is 0.395. The first kappa shape index (κ1) is 14.5. The number of rotatable bonds is 6. The van der Waals surface area contributed by atoms with E-state index in [9.17, 15) is 8.42 Å². The highest BCUT2D eigenvalue weighted by Gasteiger charge is 2.21. The van der Waals surface area contributed by atoms with Crippen molar-refractivity contribution < 1.29 is 12.8 Å². The molecule has 0 aromatic carbocycles. The zero-order valence-corrected chi connectivity index (χ0v) is 11.9. The summed E-state index contributed by atoms with van der Waals surface area (Å²) >= 11 is 5.62. The molecule has 0 radical (unpaired) electrons. The van der Waals surface area contributed by atoms with Gasteiger partial charge in [0.1, 0.15) is 11.5 Å². The van der Waals surface area contributed by atoms with Crippen molar-refractivity contribution in [2.75, 3.05) is 18.7 Å². The summed E-state index contributed by atoms with van der Waals surface area (Å²) in [5.41, 5.74) is 0. The van der Waals surface area contributed by atoms with Gasteiger partial charge in [0.05, 0.1) is 12.3 Å². The Morgan fingerprint density at radius 3 is 2.59 bits per heavy atom. The minimum Gasteiger partial charge on any atom is -0.465 e. The normalized spacial score (nSPS) is 14.2. The predicted octanol–water partition coefficient (Wildman–Crippen LogP) is 2.22. The van der Waals surface area contributed by atoms with Gasteiger partial charge in [-0.25, -0.2) is 8.42 Å². The lowest BCUT2D eigenvalue weighted by Gasteiger charge is -2.17. The molecule has 1 unspecified atom stereocenters. The van der Waals surface area contributed by atoms with Crippen LogP contribution in [0.5, 0.6) is 0 Å². The van der Waals surface area contributed by atoms with Crippen LogP contribution in [0.2, 0.25) is 0 Å². The lowest BCUT2D eigenvalue weighted by atomic mass is 10.3. The standard InChI is InChI=1S/C11H18ClNO3S/c1-9(6-12)8-17(14,15)13(3)7-11-5-4-10(2)16-11/h4-5,9H,6-8H2,1-3H3. The molecule has 0 N–H and O–H groups in total. The zero-order chi connectivity index (χ0) is 13.1. The van der Waals surface area contributed by atoms with E-state index in [4.69, 9.17) is 16.0 Å². The van der Waals surface area contributed by atoms with E-state index in [2.05, 4.69) is 0 Å². The average molecular weight is 280 g/mol. The number of alkyl halides is 1. The Kier molecular flexibility index (Phi) is 5.04.